The number of anilines is 2. The van der Waals surface area contributed by atoms with Crippen molar-refractivity contribution < 1.29 is 14.3 Å². The van der Waals surface area contributed by atoms with Gasteiger partial charge in [0, 0.05) is 30.7 Å². The predicted molar refractivity (Wildman–Crippen MR) is 149 cm³/mol. The fourth-order valence-electron chi connectivity index (χ4n) is 3.63. The Balaban J connectivity index is 1.74. The molecule has 3 aromatic rings. The second-order valence-corrected chi connectivity index (χ2v) is 9.21. The maximum atomic E-state index is 12.8. The number of carbonyl (C=O) groups is 2. The molecule has 10 heteroatoms. The molecule has 0 fully saturated rings. The van der Waals surface area contributed by atoms with Crippen molar-refractivity contribution in [2.24, 2.45) is 0 Å². The number of esters is 1. The van der Waals surface area contributed by atoms with Gasteiger partial charge in [-0.3, -0.25) is 19.1 Å². The number of carbonyl (C=O) groups excluding carboxylic acids is 2. The van der Waals surface area contributed by atoms with Crippen molar-refractivity contribution in [2.45, 2.75) is 26.9 Å². The van der Waals surface area contributed by atoms with E-state index in [0.717, 1.165) is 16.9 Å². The third-order valence-electron chi connectivity index (χ3n) is 5.30. The van der Waals surface area contributed by atoms with E-state index >= 15 is 0 Å². The topological polar surface area (TPSA) is 116 Å². The molecule has 38 heavy (non-hydrogen) atoms. The Morgan fingerprint density at radius 3 is 2.55 bits per heavy atom. The molecule has 9 nitrogen and oxygen atoms in total. The molecule has 2 aromatic carbocycles. The van der Waals surface area contributed by atoms with E-state index in [2.05, 4.69) is 16.4 Å². The minimum absolute atomic E-state index is 0.123. The fraction of sp³-hybridized carbons (Fsp3) is 0.250. The minimum atomic E-state index is -0.766. The van der Waals surface area contributed by atoms with Crippen molar-refractivity contribution in [3.8, 4) is 6.07 Å². The maximum absolute atomic E-state index is 12.8. The van der Waals surface area contributed by atoms with Gasteiger partial charge in [-0.2, -0.15) is 5.26 Å². The summed E-state index contributed by atoms with van der Waals surface area (Å²) in [6.45, 7) is 4.70. The van der Waals surface area contributed by atoms with E-state index in [1.165, 1.54) is 10.8 Å². The van der Waals surface area contributed by atoms with Crippen LogP contribution in [-0.2, 0) is 27.4 Å². The zero-order valence-electron chi connectivity index (χ0n) is 21.5. The van der Waals surface area contributed by atoms with Crippen LogP contribution in [0, 0.1) is 11.3 Å². The van der Waals surface area contributed by atoms with Crippen molar-refractivity contribution in [2.75, 3.05) is 30.8 Å². The van der Waals surface area contributed by atoms with Gasteiger partial charge in [0.2, 0.25) is 5.91 Å². The standard InChI is InChI=1S/C28H29N5O4S/c1-4-33-26(35)24(38-27(33)23(17-29)28(36)37-5-2)14-15-30-21-12-9-13-22(16-21)31-25(34)19-32(3)18-20-10-7-6-8-11-20/h6-13,15-16,30H,4-5,18-19H2,1-3H3,(H,31,34)/b27-23-. The number of benzene rings is 2. The van der Waals surface area contributed by atoms with E-state index in [1.54, 1.807) is 32.0 Å². The molecule has 0 atom stereocenters. The summed E-state index contributed by atoms with van der Waals surface area (Å²) in [6, 6.07) is 18.9. The summed E-state index contributed by atoms with van der Waals surface area (Å²) >= 11 is 0.996. The first-order valence-electron chi connectivity index (χ1n) is 12.0. The second-order valence-electron chi connectivity index (χ2n) is 8.21. The molecule has 0 unspecified atom stereocenters. The third-order valence-corrected chi connectivity index (χ3v) is 6.42. The van der Waals surface area contributed by atoms with Crippen molar-refractivity contribution in [3.05, 3.63) is 85.9 Å². The first kappa shape index (κ1) is 28.2. The quantitative estimate of drug-likeness (QED) is 0.386. The number of likely N-dealkylation sites (N-methyl/N-ethyl adjacent to an activating group) is 1. The lowest BCUT2D eigenvalue weighted by atomic mass is 10.2. The molecule has 3 rings (SSSR count). The van der Waals surface area contributed by atoms with E-state index in [4.69, 9.17) is 4.74 Å². The van der Waals surface area contributed by atoms with Gasteiger partial charge in [-0.05, 0) is 44.7 Å². The van der Waals surface area contributed by atoms with Crippen LogP contribution in [0.25, 0.3) is 11.3 Å². The number of thiazole rings is 1. The number of aromatic nitrogens is 1. The number of rotatable bonds is 10. The first-order chi connectivity index (χ1) is 18.4. The van der Waals surface area contributed by atoms with Gasteiger partial charge in [0.25, 0.3) is 5.56 Å². The molecule has 1 heterocycles. The van der Waals surface area contributed by atoms with E-state index in [1.807, 2.05) is 54.4 Å². The predicted octanol–water partition coefficient (Wildman–Crippen LogP) is 2.24. The van der Waals surface area contributed by atoms with Crippen molar-refractivity contribution in [3.63, 3.8) is 0 Å². The Hall–Kier alpha value is -4.42. The van der Waals surface area contributed by atoms with Crippen LogP contribution in [0.3, 0.4) is 0 Å². The zero-order chi connectivity index (χ0) is 27.5. The summed E-state index contributed by atoms with van der Waals surface area (Å²) in [7, 11) is 1.89. The van der Waals surface area contributed by atoms with Crippen molar-refractivity contribution in [1.29, 1.82) is 5.26 Å². The zero-order valence-corrected chi connectivity index (χ0v) is 22.3. The molecule has 2 N–H and O–H groups in total. The average Bonchev–Trinajstić information content (AvgIpc) is 3.20. The number of hydrogen-bond donors (Lipinski definition) is 2. The number of hydrogen-bond acceptors (Lipinski definition) is 8. The summed E-state index contributed by atoms with van der Waals surface area (Å²) < 4.78 is 6.76. The van der Waals surface area contributed by atoms with Crippen molar-refractivity contribution in [1.82, 2.24) is 9.47 Å². The van der Waals surface area contributed by atoms with Crippen LogP contribution in [0.2, 0.25) is 0 Å². The van der Waals surface area contributed by atoms with Gasteiger partial charge < -0.3 is 15.4 Å². The van der Waals surface area contributed by atoms with Crippen molar-refractivity contribution >= 4 is 45.9 Å². The molecule has 0 spiro atoms. The lowest BCUT2D eigenvalue weighted by Crippen LogP contribution is -2.32. The van der Waals surface area contributed by atoms with Gasteiger partial charge in [-0.1, -0.05) is 42.1 Å². The minimum Gasteiger partial charge on any atom is -0.462 e. The Morgan fingerprint density at radius 2 is 1.87 bits per heavy atom. The number of ether oxygens (including phenoxy) is 1. The third kappa shape index (κ3) is 7.54. The summed E-state index contributed by atoms with van der Waals surface area (Å²) in [5.74, 6) is -0.905. The van der Waals surface area contributed by atoms with Crippen LogP contribution < -0.4 is 25.4 Å². The van der Waals surface area contributed by atoms with E-state index in [0.29, 0.717) is 17.9 Å². The monoisotopic (exact) mass is 531 g/mol. The van der Waals surface area contributed by atoms with E-state index in [9.17, 15) is 19.6 Å². The summed E-state index contributed by atoms with van der Waals surface area (Å²) in [6.07, 6.45) is 1.47. The molecular weight excluding hydrogens is 502 g/mol. The highest BCUT2D eigenvalue weighted by Crippen LogP contribution is 2.15. The van der Waals surface area contributed by atoms with Crippen LogP contribution in [-0.4, -0.2) is 41.5 Å². The molecule has 0 radical (unpaired) electrons. The summed E-state index contributed by atoms with van der Waals surface area (Å²) in [5.41, 5.74) is 4.75. The SMILES string of the molecule is CCOC(=O)/C(C#N)=c1\sc(=C=CNc2cccc(NC(=O)CN(C)Cc3ccccc3)c2)c(=O)n1CC. The molecule has 0 aliphatic carbocycles. The Labute approximate surface area is 224 Å². The number of nitrogens with one attached hydrogen (secondary N) is 2. The van der Waals surface area contributed by atoms with Crippen LogP contribution in [0.1, 0.15) is 19.4 Å². The smallest absolute Gasteiger partial charge is 0.351 e. The summed E-state index contributed by atoms with van der Waals surface area (Å²) in [4.78, 5) is 39.4. The number of nitrogens with zero attached hydrogens (tertiary/aromatic N) is 3. The molecule has 0 saturated heterocycles. The molecule has 0 aliphatic rings. The molecule has 0 bridgehead atoms. The Bertz CT molecular complexity index is 1550. The molecular formula is C28H29N5O4S. The lowest BCUT2D eigenvalue weighted by molar-refractivity contribution is -0.136. The second kappa shape index (κ2) is 13.8. The number of nitriles is 1. The van der Waals surface area contributed by atoms with E-state index in [-0.39, 0.29) is 45.9 Å². The average molecular weight is 532 g/mol. The van der Waals surface area contributed by atoms with Gasteiger partial charge in [0.1, 0.15) is 15.3 Å². The normalized spacial score (nSPS) is 11.2. The lowest BCUT2D eigenvalue weighted by Gasteiger charge is -2.16. The molecule has 0 saturated carbocycles. The highest BCUT2D eigenvalue weighted by atomic mass is 32.1. The van der Waals surface area contributed by atoms with Gasteiger partial charge in [0.15, 0.2) is 5.57 Å². The Morgan fingerprint density at radius 1 is 1.13 bits per heavy atom. The van der Waals surface area contributed by atoms with E-state index < -0.39 is 5.97 Å². The van der Waals surface area contributed by atoms with Crippen LogP contribution >= 0.6 is 11.3 Å². The van der Waals surface area contributed by atoms with Crippen LogP contribution in [0.15, 0.2) is 65.6 Å². The van der Waals surface area contributed by atoms with Gasteiger partial charge in [-0.15, -0.1) is 11.3 Å². The number of amides is 1. The first-order valence-corrected chi connectivity index (χ1v) is 12.8. The highest BCUT2D eigenvalue weighted by Gasteiger charge is 2.16. The Kier molecular flexibility index (Phi) is 10.2. The van der Waals surface area contributed by atoms with Gasteiger partial charge >= 0.3 is 5.97 Å². The molecule has 196 valence electrons. The molecule has 0 aliphatic heterocycles. The van der Waals surface area contributed by atoms with Gasteiger partial charge in [-0.25, -0.2) is 4.79 Å². The molecule has 1 amide bonds. The van der Waals surface area contributed by atoms with Crippen LogP contribution in [0.4, 0.5) is 11.4 Å². The maximum Gasteiger partial charge on any atom is 0.351 e. The fourth-order valence-corrected chi connectivity index (χ4v) is 4.69. The summed E-state index contributed by atoms with van der Waals surface area (Å²) in [5, 5.41) is 15.4. The highest BCUT2D eigenvalue weighted by molar-refractivity contribution is 7.07. The largest absolute Gasteiger partial charge is 0.462 e. The van der Waals surface area contributed by atoms with Crippen LogP contribution in [0.5, 0.6) is 0 Å². The molecule has 1 aromatic heterocycles. The van der Waals surface area contributed by atoms with Gasteiger partial charge in [0.05, 0.1) is 13.2 Å².